The van der Waals surface area contributed by atoms with Crippen molar-refractivity contribution >= 4 is 77.0 Å². The number of imide groups is 1. The van der Waals surface area contributed by atoms with Crippen LogP contribution in [0.4, 0.5) is 5.69 Å². The largest absolute Gasteiger partial charge is 0.292 e. The fourth-order valence-corrected chi connectivity index (χ4v) is 7.76. The van der Waals surface area contributed by atoms with E-state index in [0.29, 0.717) is 6.42 Å². The van der Waals surface area contributed by atoms with Crippen molar-refractivity contribution in [3.05, 3.63) is 74.2 Å². The molecule has 0 unspecified atom stereocenters. The SMILES string of the molecule is O=C(CN(C(=O)c1ccccc1[N+](=O)[O-])N1C(=O)[C@@H]2[C@H]3C[C@@H]([C@H](Br)[C@H]3Br)[C@@H]2C1=O)c1ccc(Br)cc1. The van der Waals surface area contributed by atoms with Gasteiger partial charge in [0, 0.05) is 25.8 Å². The van der Waals surface area contributed by atoms with Crippen molar-refractivity contribution in [2.45, 2.75) is 16.1 Å². The lowest BCUT2D eigenvalue weighted by atomic mass is 9.81. The molecule has 6 atom stereocenters. The number of nitro groups is 1. The summed E-state index contributed by atoms with van der Waals surface area (Å²) >= 11 is 10.6. The van der Waals surface area contributed by atoms with Crippen LogP contribution in [-0.2, 0) is 9.59 Å². The molecule has 0 aromatic heterocycles. The molecule has 0 spiro atoms. The second-order valence-electron chi connectivity index (χ2n) is 9.06. The molecule has 2 aromatic carbocycles. The number of fused-ring (bicyclic) bond motifs is 5. The van der Waals surface area contributed by atoms with E-state index < -0.39 is 52.5 Å². The Labute approximate surface area is 230 Å². The van der Waals surface area contributed by atoms with E-state index in [1.165, 1.54) is 18.2 Å². The third-order valence-electron chi connectivity index (χ3n) is 7.23. The first kappa shape index (κ1) is 25.2. The van der Waals surface area contributed by atoms with Crippen molar-refractivity contribution in [1.82, 2.24) is 10.0 Å². The van der Waals surface area contributed by atoms with Gasteiger partial charge in [0.25, 0.3) is 23.4 Å². The summed E-state index contributed by atoms with van der Waals surface area (Å²) in [5.41, 5.74) is -0.536. The maximum atomic E-state index is 13.7. The van der Waals surface area contributed by atoms with Gasteiger partial charge in [0.05, 0.1) is 16.8 Å². The Morgan fingerprint density at radius 3 is 2.08 bits per heavy atom. The smallest absolute Gasteiger partial charge is 0.282 e. The van der Waals surface area contributed by atoms with Gasteiger partial charge in [0.1, 0.15) is 12.1 Å². The molecule has 3 aliphatic rings. The van der Waals surface area contributed by atoms with Gasteiger partial charge in [-0.2, -0.15) is 5.01 Å². The van der Waals surface area contributed by atoms with Crippen LogP contribution in [0, 0.1) is 33.8 Å². The summed E-state index contributed by atoms with van der Waals surface area (Å²) in [6, 6.07) is 11.7. The quantitative estimate of drug-likeness (QED) is 0.147. The molecule has 2 aromatic rings. The van der Waals surface area contributed by atoms with E-state index in [0.717, 1.165) is 20.6 Å². The third-order valence-corrected chi connectivity index (χ3v) is 11.0. The topological polar surface area (TPSA) is 118 Å². The number of amides is 3. The van der Waals surface area contributed by atoms with Crippen molar-refractivity contribution < 1.29 is 24.1 Å². The molecule has 1 saturated heterocycles. The minimum Gasteiger partial charge on any atom is -0.292 e. The summed E-state index contributed by atoms with van der Waals surface area (Å²) in [4.78, 5) is 65.0. The molecular weight excluding hydrogens is 666 g/mol. The third kappa shape index (κ3) is 3.93. The van der Waals surface area contributed by atoms with Crippen LogP contribution in [0.15, 0.2) is 53.0 Å². The maximum Gasteiger partial charge on any atom is 0.282 e. The van der Waals surface area contributed by atoms with Crippen LogP contribution in [0.1, 0.15) is 27.1 Å². The van der Waals surface area contributed by atoms with E-state index in [9.17, 15) is 29.3 Å². The summed E-state index contributed by atoms with van der Waals surface area (Å²) in [6.45, 7) is -0.631. The molecule has 0 N–H and O–H groups in total. The van der Waals surface area contributed by atoms with E-state index in [1.54, 1.807) is 24.3 Å². The van der Waals surface area contributed by atoms with Crippen LogP contribution in [-0.4, -0.2) is 54.6 Å². The van der Waals surface area contributed by atoms with Crippen LogP contribution in [0.3, 0.4) is 0 Å². The molecular formula is C24H18Br3N3O6. The van der Waals surface area contributed by atoms with Crippen molar-refractivity contribution in [2.75, 3.05) is 6.54 Å². The Kier molecular flexibility index (Phi) is 6.63. The molecule has 0 radical (unpaired) electrons. The Bertz CT molecular complexity index is 1270. The predicted molar refractivity (Wildman–Crippen MR) is 138 cm³/mol. The highest BCUT2D eigenvalue weighted by Gasteiger charge is 2.67. The number of hydrogen-bond acceptors (Lipinski definition) is 6. The first-order valence-corrected chi connectivity index (χ1v) is 13.7. The number of carbonyl (C=O) groups is 4. The standard InChI is InChI=1S/C24H18Br3N3O6/c25-12-7-5-11(6-8-12)17(31)10-28(22(32)13-3-1-2-4-16(13)30(35)36)29-23(33)18-14-9-15(19(18)24(29)34)21(27)20(14)26/h1-8,14-15,18-21H,9-10H2/t14-,15-,18-,19+,20+,21+/m1/s1. The molecule has 9 nitrogen and oxygen atoms in total. The number of Topliss-reactive ketones (excluding diaryl/α,β-unsaturated/α-hetero) is 1. The zero-order valence-electron chi connectivity index (χ0n) is 18.4. The molecule has 36 heavy (non-hydrogen) atoms. The average molecular weight is 684 g/mol. The fourth-order valence-electron chi connectivity index (χ4n) is 5.62. The highest BCUT2D eigenvalue weighted by molar-refractivity contribution is 9.12. The highest BCUT2D eigenvalue weighted by atomic mass is 79.9. The number of hydrazine groups is 1. The number of nitro benzene ring substituents is 1. The number of hydrogen-bond donors (Lipinski definition) is 0. The number of rotatable bonds is 6. The second-order valence-corrected chi connectivity index (χ2v) is 12.1. The number of halogens is 3. The second kappa shape index (κ2) is 9.46. The van der Waals surface area contributed by atoms with Crippen molar-refractivity contribution in [2.24, 2.45) is 23.7 Å². The first-order valence-electron chi connectivity index (χ1n) is 11.1. The molecule has 186 valence electrons. The van der Waals surface area contributed by atoms with Crippen molar-refractivity contribution in [1.29, 1.82) is 0 Å². The zero-order valence-corrected chi connectivity index (χ0v) is 23.2. The predicted octanol–water partition coefficient (Wildman–Crippen LogP) is 4.38. The molecule has 12 heteroatoms. The van der Waals surface area contributed by atoms with Gasteiger partial charge in [-0.05, 0) is 36.5 Å². The Hall–Kier alpha value is -2.44. The molecule has 2 aliphatic carbocycles. The van der Waals surface area contributed by atoms with Crippen LogP contribution in [0.5, 0.6) is 0 Å². The van der Waals surface area contributed by atoms with E-state index in [4.69, 9.17) is 0 Å². The fraction of sp³-hybridized carbons (Fsp3) is 0.333. The van der Waals surface area contributed by atoms with E-state index >= 15 is 0 Å². The van der Waals surface area contributed by atoms with Crippen LogP contribution < -0.4 is 0 Å². The molecule has 5 rings (SSSR count). The van der Waals surface area contributed by atoms with Gasteiger partial charge in [-0.1, -0.05) is 72.1 Å². The first-order chi connectivity index (χ1) is 17.1. The van der Waals surface area contributed by atoms with Gasteiger partial charge < -0.3 is 0 Å². The van der Waals surface area contributed by atoms with Crippen LogP contribution in [0.25, 0.3) is 0 Å². The minimum atomic E-state index is -0.965. The van der Waals surface area contributed by atoms with Gasteiger partial charge in [-0.15, -0.1) is 0 Å². The molecule has 2 saturated carbocycles. The van der Waals surface area contributed by atoms with Crippen LogP contribution in [0.2, 0.25) is 0 Å². The van der Waals surface area contributed by atoms with Gasteiger partial charge in [0.15, 0.2) is 5.78 Å². The van der Waals surface area contributed by atoms with E-state index in [-0.39, 0.29) is 32.6 Å². The lowest BCUT2D eigenvalue weighted by molar-refractivity contribution is -0.385. The summed E-state index contributed by atoms with van der Waals surface area (Å²) in [5, 5.41) is 13.1. The van der Waals surface area contributed by atoms with E-state index in [2.05, 4.69) is 47.8 Å². The summed E-state index contributed by atoms with van der Waals surface area (Å²) in [6.07, 6.45) is 0.697. The van der Waals surface area contributed by atoms with E-state index in [1.807, 2.05) is 0 Å². The highest BCUT2D eigenvalue weighted by Crippen LogP contribution is 2.60. The minimum absolute atomic E-state index is 0.00999. The lowest BCUT2D eigenvalue weighted by Gasteiger charge is -2.30. The normalized spacial score (nSPS) is 28.4. The van der Waals surface area contributed by atoms with Gasteiger partial charge >= 0.3 is 0 Å². The molecule has 1 heterocycles. The van der Waals surface area contributed by atoms with Gasteiger partial charge in [0.2, 0.25) is 0 Å². The molecule has 2 bridgehead atoms. The summed E-state index contributed by atoms with van der Waals surface area (Å²) in [5.74, 6) is -4.05. The number of para-hydroxylation sites is 1. The summed E-state index contributed by atoms with van der Waals surface area (Å²) in [7, 11) is 0. The number of carbonyl (C=O) groups excluding carboxylic acids is 4. The number of alkyl halides is 2. The van der Waals surface area contributed by atoms with Crippen molar-refractivity contribution in [3.8, 4) is 0 Å². The number of benzene rings is 2. The van der Waals surface area contributed by atoms with Crippen LogP contribution >= 0.6 is 47.8 Å². The average Bonchev–Trinajstić information content (AvgIpc) is 3.47. The monoisotopic (exact) mass is 681 g/mol. The van der Waals surface area contributed by atoms with Gasteiger partial charge in [-0.3, -0.25) is 29.3 Å². The Balaban J connectivity index is 1.55. The Morgan fingerprint density at radius 2 is 1.53 bits per heavy atom. The lowest BCUT2D eigenvalue weighted by Crippen LogP contribution is -2.52. The molecule has 1 aliphatic heterocycles. The molecule has 3 fully saturated rings. The zero-order chi connectivity index (χ0) is 25.9. The van der Waals surface area contributed by atoms with Gasteiger partial charge in [-0.25, -0.2) is 5.01 Å². The number of nitrogens with zero attached hydrogens (tertiary/aromatic N) is 3. The molecule has 3 amide bonds. The van der Waals surface area contributed by atoms with Crippen molar-refractivity contribution in [3.63, 3.8) is 0 Å². The maximum absolute atomic E-state index is 13.7. The number of ketones is 1. The Morgan fingerprint density at radius 1 is 0.972 bits per heavy atom. The summed E-state index contributed by atoms with van der Waals surface area (Å²) < 4.78 is 0.744.